The molecule has 4 amide bonds. The summed E-state index contributed by atoms with van der Waals surface area (Å²) in [6.07, 6.45) is 0. The summed E-state index contributed by atoms with van der Waals surface area (Å²) in [5.74, 6) is -7.39. The Morgan fingerprint density at radius 1 is 0.619 bits per heavy atom. The Labute approximate surface area is 234 Å². The Kier molecular flexibility index (Phi) is 9.38. The highest BCUT2D eigenvalue weighted by atomic mass is 32.2. The van der Waals surface area contributed by atoms with Crippen LogP contribution in [0, 0.1) is 13.8 Å². The van der Waals surface area contributed by atoms with Crippen LogP contribution >= 0.6 is 0 Å². The molecule has 0 unspecified atom stereocenters. The summed E-state index contributed by atoms with van der Waals surface area (Å²) in [6.45, 7) is 3.81. The van der Waals surface area contributed by atoms with E-state index in [0.29, 0.717) is 12.1 Å². The number of nitrogens with zero attached hydrogens (tertiary/aromatic N) is 2. The number of anilines is 4. The first-order chi connectivity index (χ1) is 18.9. The number of nitrogens with one attached hydrogen (secondary N) is 2. The average Bonchev–Trinajstić information content (AvgIpc) is 2.80. The van der Waals surface area contributed by atoms with E-state index in [1.54, 1.807) is 0 Å². The van der Waals surface area contributed by atoms with Crippen LogP contribution in [0.2, 0.25) is 0 Å². The average molecular weight is 647 g/mol. The van der Waals surface area contributed by atoms with Crippen LogP contribution in [0.25, 0.3) is 0 Å². The SMILES string of the molecule is CC(=O)Nc1ccc(C)c(N(C(=O)C(=O)N(c2cc(NC(C)=O)ccc2C)S(=O)(=O)C(F)(F)F)S(=O)(=O)C(F)(F)F)c1. The fourth-order valence-electron chi connectivity index (χ4n) is 3.30. The topological polar surface area (TPSA) is 167 Å². The third-order valence-corrected chi connectivity index (χ3v) is 7.97. The Balaban J connectivity index is 2.96. The molecule has 0 aliphatic carbocycles. The Bertz CT molecular complexity index is 1550. The van der Waals surface area contributed by atoms with Crippen LogP contribution in [-0.2, 0) is 39.2 Å². The number of aryl methyl sites for hydroxylation is 2. The number of halogens is 6. The first kappa shape index (κ1) is 34.0. The molecule has 0 saturated carbocycles. The lowest BCUT2D eigenvalue weighted by Gasteiger charge is -2.29. The highest BCUT2D eigenvalue weighted by molar-refractivity contribution is 7.95. The van der Waals surface area contributed by atoms with Crippen LogP contribution < -0.4 is 19.2 Å². The maximum absolute atomic E-state index is 13.7. The van der Waals surface area contributed by atoms with E-state index in [2.05, 4.69) is 10.6 Å². The third kappa shape index (κ3) is 6.81. The number of sulfonamides is 2. The smallest absolute Gasteiger partial charge is 0.326 e. The van der Waals surface area contributed by atoms with E-state index in [4.69, 9.17) is 0 Å². The van der Waals surface area contributed by atoms with E-state index in [1.165, 1.54) is 0 Å². The van der Waals surface area contributed by atoms with Gasteiger partial charge in [0.05, 0.1) is 11.4 Å². The van der Waals surface area contributed by atoms with Gasteiger partial charge in [-0.2, -0.15) is 51.8 Å². The molecule has 12 nitrogen and oxygen atoms in total. The van der Waals surface area contributed by atoms with Crippen LogP contribution in [0.4, 0.5) is 49.1 Å². The van der Waals surface area contributed by atoms with Gasteiger partial charge in [-0.25, -0.2) is 0 Å². The molecule has 2 aromatic rings. The molecule has 0 atom stereocenters. The molecular formula is C22H20F6N4O8S2. The number of hydrogen-bond acceptors (Lipinski definition) is 8. The normalized spacial score (nSPS) is 12.3. The van der Waals surface area contributed by atoms with Crippen molar-refractivity contribution in [2.75, 3.05) is 19.2 Å². The minimum atomic E-state index is -6.94. The molecule has 20 heteroatoms. The number of benzene rings is 2. The molecule has 2 N–H and O–H groups in total. The largest absolute Gasteiger partial charge is 0.517 e. The van der Waals surface area contributed by atoms with E-state index in [1.807, 2.05) is 0 Å². The van der Waals surface area contributed by atoms with Gasteiger partial charge in [-0.15, -0.1) is 0 Å². The molecule has 0 saturated heterocycles. The molecule has 42 heavy (non-hydrogen) atoms. The summed E-state index contributed by atoms with van der Waals surface area (Å²) in [5, 5.41) is 4.16. The lowest BCUT2D eigenvalue weighted by molar-refractivity contribution is -0.135. The zero-order valence-electron chi connectivity index (χ0n) is 21.7. The molecule has 0 aliphatic heterocycles. The van der Waals surface area contributed by atoms with Gasteiger partial charge in [-0.05, 0) is 49.2 Å². The summed E-state index contributed by atoms with van der Waals surface area (Å²) in [5.41, 5.74) is -16.9. The van der Waals surface area contributed by atoms with Crippen LogP contribution in [-0.4, -0.2) is 51.5 Å². The molecule has 0 radical (unpaired) electrons. The van der Waals surface area contributed by atoms with Crippen molar-refractivity contribution in [2.24, 2.45) is 0 Å². The van der Waals surface area contributed by atoms with Crippen molar-refractivity contribution >= 4 is 66.4 Å². The lowest BCUT2D eigenvalue weighted by atomic mass is 10.1. The standard InChI is InChI=1S/C22H20F6N4O8S2/c1-11-5-7-15(29-13(3)33)9-17(11)31(41(37,38)21(23,24)25)19(35)20(36)32(42(39,40)22(26,27)28)18-10-16(30-14(4)34)8-6-12(18)2/h5-10H,1-4H3,(H,29,33)(H,30,34). The van der Waals surface area contributed by atoms with Crippen molar-refractivity contribution in [3.8, 4) is 0 Å². The first-order valence-electron chi connectivity index (χ1n) is 11.0. The van der Waals surface area contributed by atoms with Gasteiger partial charge in [0.25, 0.3) is 0 Å². The first-order valence-corrected chi connectivity index (χ1v) is 13.9. The number of hydrogen-bond donors (Lipinski definition) is 2. The zero-order chi connectivity index (χ0) is 32.6. The molecule has 0 bridgehead atoms. The Morgan fingerprint density at radius 3 is 1.14 bits per heavy atom. The molecule has 0 aromatic heterocycles. The highest BCUT2D eigenvalue weighted by Gasteiger charge is 2.58. The maximum Gasteiger partial charge on any atom is 0.517 e. The van der Waals surface area contributed by atoms with E-state index >= 15 is 0 Å². The van der Waals surface area contributed by atoms with Crippen LogP contribution in [0.15, 0.2) is 36.4 Å². The van der Waals surface area contributed by atoms with E-state index in [0.717, 1.165) is 52.0 Å². The molecule has 0 spiro atoms. The number of carbonyl (C=O) groups excluding carboxylic acids is 4. The number of carbonyl (C=O) groups is 4. The van der Waals surface area contributed by atoms with Crippen LogP contribution in [0.3, 0.4) is 0 Å². The third-order valence-electron chi connectivity index (χ3n) is 5.11. The molecule has 0 fully saturated rings. The minimum absolute atomic E-state index is 0.399. The predicted molar refractivity (Wildman–Crippen MR) is 136 cm³/mol. The summed E-state index contributed by atoms with van der Waals surface area (Å²) in [4.78, 5) is 49.3. The maximum atomic E-state index is 13.7. The van der Waals surface area contributed by atoms with Crippen LogP contribution in [0.5, 0.6) is 0 Å². The second kappa shape index (κ2) is 11.6. The van der Waals surface area contributed by atoms with Gasteiger partial charge < -0.3 is 10.6 Å². The second-order valence-electron chi connectivity index (χ2n) is 8.41. The van der Waals surface area contributed by atoms with Gasteiger partial charge in [0, 0.05) is 25.2 Å². The Hall–Kier alpha value is -4.20. The van der Waals surface area contributed by atoms with Crippen molar-refractivity contribution in [3.63, 3.8) is 0 Å². The zero-order valence-corrected chi connectivity index (χ0v) is 23.3. The van der Waals surface area contributed by atoms with E-state index in [-0.39, 0.29) is 0 Å². The number of rotatable bonds is 6. The minimum Gasteiger partial charge on any atom is -0.326 e. The molecular weight excluding hydrogens is 626 g/mol. The molecule has 2 rings (SSSR count). The van der Waals surface area contributed by atoms with Crippen molar-refractivity contribution in [1.82, 2.24) is 0 Å². The van der Waals surface area contributed by atoms with Gasteiger partial charge in [0.1, 0.15) is 0 Å². The van der Waals surface area contributed by atoms with E-state index < -0.39 is 97.2 Å². The number of amides is 4. The summed E-state index contributed by atoms with van der Waals surface area (Å²) < 4.78 is 130. The lowest BCUT2D eigenvalue weighted by Crippen LogP contribution is -2.55. The van der Waals surface area contributed by atoms with Gasteiger partial charge in [-0.3, -0.25) is 19.2 Å². The van der Waals surface area contributed by atoms with Gasteiger partial charge in [0.2, 0.25) is 11.8 Å². The molecule has 2 aromatic carbocycles. The summed E-state index contributed by atoms with van der Waals surface area (Å²) >= 11 is 0. The van der Waals surface area contributed by atoms with Gasteiger partial charge in [0.15, 0.2) is 0 Å². The van der Waals surface area contributed by atoms with Gasteiger partial charge >= 0.3 is 42.9 Å². The number of alkyl halides is 6. The Morgan fingerprint density at radius 2 is 0.905 bits per heavy atom. The molecule has 0 aliphatic rings. The highest BCUT2D eigenvalue weighted by Crippen LogP contribution is 2.38. The van der Waals surface area contributed by atoms with Crippen molar-refractivity contribution in [2.45, 2.75) is 38.7 Å². The molecule has 230 valence electrons. The summed E-state index contributed by atoms with van der Waals surface area (Å²) in [7, 11) is -13.9. The van der Waals surface area contributed by atoms with Crippen molar-refractivity contribution < 1.29 is 62.4 Å². The fraction of sp³-hybridized carbons (Fsp3) is 0.273. The predicted octanol–water partition coefficient (Wildman–Crippen LogP) is 3.29. The second-order valence-corrected chi connectivity index (χ2v) is 12.0. The monoisotopic (exact) mass is 646 g/mol. The van der Waals surface area contributed by atoms with Gasteiger partial charge in [-0.1, -0.05) is 12.1 Å². The fourth-order valence-corrected chi connectivity index (χ4v) is 5.21. The van der Waals surface area contributed by atoms with Crippen LogP contribution in [0.1, 0.15) is 25.0 Å². The van der Waals surface area contributed by atoms with Crippen molar-refractivity contribution in [1.29, 1.82) is 0 Å². The van der Waals surface area contributed by atoms with E-state index in [9.17, 15) is 62.4 Å². The quantitative estimate of drug-likeness (QED) is 0.356. The molecule has 0 heterocycles. The summed E-state index contributed by atoms with van der Waals surface area (Å²) in [6, 6.07) is 4.92. The van der Waals surface area contributed by atoms with Crippen molar-refractivity contribution in [3.05, 3.63) is 47.5 Å².